The number of sulfonamides is 1. The summed E-state index contributed by atoms with van der Waals surface area (Å²) in [6, 6.07) is 0. The quantitative estimate of drug-likeness (QED) is 0.799. The second-order valence-electron chi connectivity index (χ2n) is 6.09. The van der Waals surface area contributed by atoms with Gasteiger partial charge in [0.1, 0.15) is 0 Å². The summed E-state index contributed by atoms with van der Waals surface area (Å²) in [6.07, 6.45) is 6.51. The van der Waals surface area contributed by atoms with Crippen molar-refractivity contribution in [3.05, 3.63) is 0 Å². The van der Waals surface area contributed by atoms with Gasteiger partial charge in [0.2, 0.25) is 10.0 Å². The van der Waals surface area contributed by atoms with Crippen LogP contribution in [0, 0.1) is 11.3 Å². The molecule has 2 rings (SSSR count). The van der Waals surface area contributed by atoms with Crippen molar-refractivity contribution in [3.63, 3.8) is 0 Å². The third-order valence-corrected chi connectivity index (χ3v) is 5.31. The molecule has 19 heavy (non-hydrogen) atoms. The average molecular weight is 291 g/mol. The first-order valence-corrected chi connectivity index (χ1v) is 8.87. The van der Waals surface area contributed by atoms with Gasteiger partial charge in [-0.2, -0.15) is 0 Å². The monoisotopic (exact) mass is 291 g/mol. The minimum atomic E-state index is -3.47. The van der Waals surface area contributed by atoms with Crippen LogP contribution in [0.2, 0.25) is 0 Å². The summed E-state index contributed by atoms with van der Waals surface area (Å²) in [5.41, 5.74) is -0.343. The Morgan fingerprint density at radius 1 is 1.21 bits per heavy atom. The van der Waals surface area contributed by atoms with Crippen LogP contribution in [0.5, 0.6) is 0 Å². The van der Waals surface area contributed by atoms with Crippen molar-refractivity contribution in [1.82, 2.24) is 0 Å². The first-order valence-electron chi connectivity index (χ1n) is 7.15. The van der Waals surface area contributed by atoms with Gasteiger partial charge in [0, 0.05) is 25.2 Å². The highest BCUT2D eigenvalue weighted by Gasteiger charge is 2.36. The standard InChI is InChI=1S/C13H25NO4S/c14-19(15,16)11-13(5-7-17-8-6-13)10-18-9-12-3-1-2-4-12/h12H,1-11H2,(H2,14,15,16). The van der Waals surface area contributed by atoms with E-state index in [0.29, 0.717) is 38.6 Å². The van der Waals surface area contributed by atoms with Crippen molar-refractivity contribution in [2.75, 3.05) is 32.2 Å². The van der Waals surface area contributed by atoms with Crippen molar-refractivity contribution in [1.29, 1.82) is 0 Å². The van der Waals surface area contributed by atoms with Gasteiger partial charge in [-0.3, -0.25) is 0 Å². The molecule has 2 fully saturated rings. The summed E-state index contributed by atoms with van der Waals surface area (Å²) in [5.74, 6) is 0.667. The van der Waals surface area contributed by atoms with Crippen LogP contribution in [0.3, 0.4) is 0 Å². The molecule has 6 heteroatoms. The first kappa shape index (κ1) is 15.2. The van der Waals surface area contributed by atoms with Gasteiger partial charge in [-0.15, -0.1) is 0 Å². The Morgan fingerprint density at radius 2 is 1.84 bits per heavy atom. The maximum Gasteiger partial charge on any atom is 0.209 e. The summed E-state index contributed by atoms with van der Waals surface area (Å²) in [7, 11) is -3.47. The average Bonchev–Trinajstić information content (AvgIpc) is 2.81. The highest BCUT2D eigenvalue weighted by molar-refractivity contribution is 7.89. The molecule has 2 N–H and O–H groups in total. The Hall–Kier alpha value is -0.170. The minimum absolute atomic E-state index is 0.00796. The fourth-order valence-corrected chi connectivity index (χ4v) is 4.41. The molecule has 0 atom stereocenters. The predicted molar refractivity (Wildman–Crippen MR) is 73.2 cm³/mol. The summed E-state index contributed by atoms with van der Waals surface area (Å²) in [4.78, 5) is 0. The van der Waals surface area contributed by atoms with E-state index < -0.39 is 10.0 Å². The molecule has 0 aromatic rings. The van der Waals surface area contributed by atoms with Gasteiger partial charge in [-0.05, 0) is 31.6 Å². The second kappa shape index (κ2) is 6.52. The Bertz CT molecular complexity index is 370. The van der Waals surface area contributed by atoms with Gasteiger partial charge >= 0.3 is 0 Å². The summed E-state index contributed by atoms with van der Waals surface area (Å²) < 4.78 is 34.0. The van der Waals surface area contributed by atoms with Crippen LogP contribution in [-0.2, 0) is 19.5 Å². The van der Waals surface area contributed by atoms with Crippen LogP contribution in [0.15, 0.2) is 0 Å². The third kappa shape index (κ3) is 5.02. The van der Waals surface area contributed by atoms with E-state index in [2.05, 4.69) is 0 Å². The van der Waals surface area contributed by atoms with Crippen LogP contribution < -0.4 is 5.14 Å². The van der Waals surface area contributed by atoms with Crippen molar-refractivity contribution in [3.8, 4) is 0 Å². The van der Waals surface area contributed by atoms with Gasteiger partial charge in [-0.1, -0.05) is 12.8 Å². The van der Waals surface area contributed by atoms with Crippen LogP contribution in [-0.4, -0.2) is 40.6 Å². The summed E-state index contributed by atoms with van der Waals surface area (Å²) in [5, 5.41) is 5.22. The Morgan fingerprint density at radius 3 is 2.42 bits per heavy atom. The summed E-state index contributed by atoms with van der Waals surface area (Å²) in [6.45, 7) is 2.45. The molecule has 0 bridgehead atoms. The highest BCUT2D eigenvalue weighted by Crippen LogP contribution is 2.33. The van der Waals surface area contributed by atoms with E-state index in [-0.39, 0.29) is 11.2 Å². The van der Waals surface area contributed by atoms with E-state index in [1.165, 1.54) is 25.7 Å². The number of rotatable bonds is 6. The van der Waals surface area contributed by atoms with E-state index >= 15 is 0 Å². The molecule has 5 nitrogen and oxygen atoms in total. The van der Waals surface area contributed by atoms with Crippen molar-refractivity contribution in [2.45, 2.75) is 38.5 Å². The molecule has 1 saturated carbocycles. The summed E-state index contributed by atoms with van der Waals surface area (Å²) >= 11 is 0. The van der Waals surface area contributed by atoms with Crippen molar-refractivity contribution >= 4 is 10.0 Å². The topological polar surface area (TPSA) is 78.6 Å². The molecule has 112 valence electrons. The predicted octanol–water partition coefficient (Wildman–Crippen LogP) is 1.28. The van der Waals surface area contributed by atoms with Crippen molar-refractivity contribution in [2.24, 2.45) is 16.5 Å². The molecular weight excluding hydrogens is 266 g/mol. The number of primary sulfonamides is 1. The fraction of sp³-hybridized carbons (Fsp3) is 1.00. The molecule has 1 aliphatic heterocycles. The van der Waals surface area contributed by atoms with Crippen LogP contribution >= 0.6 is 0 Å². The Kier molecular flexibility index (Phi) is 5.22. The normalized spacial score (nSPS) is 24.7. The lowest BCUT2D eigenvalue weighted by Gasteiger charge is -2.36. The van der Waals surface area contributed by atoms with Gasteiger partial charge < -0.3 is 9.47 Å². The minimum Gasteiger partial charge on any atom is -0.381 e. The second-order valence-corrected chi connectivity index (χ2v) is 7.70. The van der Waals surface area contributed by atoms with Gasteiger partial charge in [0.15, 0.2) is 0 Å². The van der Waals surface area contributed by atoms with Gasteiger partial charge in [0.05, 0.1) is 12.4 Å². The molecule has 1 aliphatic carbocycles. The van der Waals surface area contributed by atoms with E-state index in [0.717, 1.165) is 6.61 Å². The lowest BCUT2D eigenvalue weighted by Crippen LogP contribution is -2.42. The molecule has 0 aromatic heterocycles. The van der Waals surface area contributed by atoms with E-state index in [1.54, 1.807) is 0 Å². The zero-order chi connectivity index (χ0) is 13.8. The molecule has 0 radical (unpaired) electrons. The van der Waals surface area contributed by atoms with E-state index in [1.807, 2.05) is 0 Å². The zero-order valence-electron chi connectivity index (χ0n) is 11.5. The van der Waals surface area contributed by atoms with Crippen LogP contribution in [0.4, 0.5) is 0 Å². The smallest absolute Gasteiger partial charge is 0.209 e. The Labute approximate surface area is 115 Å². The molecule has 0 aromatic carbocycles. The first-order chi connectivity index (χ1) is 8.99. The molecule has 0 unspecified atom stereocenters. The zero-order valence-corrected chi connectivity index (χ0v) is 12.3. The number of hydrogen-bond acceptors (Lipinski definition) is 4. The molecule has 1 heterocycles. The highest BCUT2D eigenvalue weighted by atomic mass is 32.2. The van der Waals surface area contributed by atoms with Crippen molar-refractivity contribution < 1.29 is 17.9 Å². The lowest BCUT2D eigenvalue weighted by molar-refractivity contribution is -0.0346. The SMILES string of the molecule is NS(=O)(=O)CC1(COCC2CCCC2)CCOCC1. The molecule has 1 saturated heterocycles. The molecule has 2 aliphatic rings. The third-order valence-electron chi connectivity index (χ3n) is 4.30. The number of hydrogen-bond donors (Lipinski definition) is 1. The molecule has 0 amide bonds. The largest absolute Gasteiger partial charge is 0.381 e. The Balaban J connectivity index is 1.85. The van der Waals surface area contributed by atoms with E-state index in [4.69, 9.17) is 14.6 Å². The van der Waals surface area contributed by atoms with Gasteiger partial charge in [0.25, 0.3) is 0 Å². The maximum absolute atomic E-state index is 11.4. The lowest BCUT2D eigenvalue weighted by atomic mass is 9.83. The van der Waals surface area contributed by atoms with E-state index in [9.17, 15) is 8.42 Å². The number of ether oxygens (including phenoxy) is 2. The van der Waals surface area contributed by atoms with Crippen LogP contribution in [0.1, 0.15) is 38.5 Å². The maximum atomic E-state index is 11.4. The number of nitrogens with two attached hydrogens (primary N) is 1. The molecule has 0 spiro atoms. The fourth-order valence-electron chi connectivity index (χ4n) is 3.18. The van der Waals surface area contributed by atoms with Gasteiger partial charge in [-0.25, -0.2) is 13.6 Å². The van der Waals surface area contributed by atoms with Crippen LogP contribution in [0.25, 0.3) is 0 Å². The molecular formula is C13H25NO4S.